The topological polar surface area (TPSA) is 55.1 Å². The highest BCUT2D eigenvalue weighted by Gasteiger charge is 2.17. The minimum absolute atomic E-state index is 0.0727. The number of rotatable bonds is 3. The lowest BCUT2D eigenvalue weighted by molar-refractivity contribution is 0.0697. The SMILES string of the molecule is Cc1nn(-c2cccc(Cl)c2)c(C)c1-c1ccc(Cl)c(C(=O)O)c1. The van der Waals surface area contributed by atoms with Gasteiger partial charge in [-0.25, -0.2) is 9.48 Å². The molecule has 3 rings (SSSR count). The molecule has 0 amide bonds. The van der Waals surface area contributed by atoms with Gasteiger partial charge in [-0.3, -0.25) is 0 Å². The Morgan fingerprint density at radius 2 is 1.88 bits per heavy atom. The Balaban J connectivity index is 2.17. The maximum absolute atomic E-state index is 11.3. The van der Waals surface area contributed by atoms with Gasteiger partial charge in [0.1, 0.15) is 0 Å². The highest BCUT2D eigenvalue weighted by Crippen LogP contribution is 2.31. The lowest BCUT2D eigenvalue weighted by atomic mass is 10.0. The summed E-state index contributed by atoms with van der Waals surface area (Å²) in [5.41, 5.74) is 4.26. The molecule has 122 valence electrons. The van der Waals surface area contributed by atoms with E-state index in [0.717, 1.165) is 28.2 Å². The van der Waals surface area contributed by atoms with Crippen molar-refractivity contribution in [2.45, 2.75) is 13.8 Å². The summed E-state index contributed by atoms with van der Waals surface area (Å²) >= 11 is 12.0. The second-order valence-electron chi connectivity index (χ2n) is 5.44. The van der Waals surface area contributed by atoms with Crippen LogP contribution >= 0.6 is 23.2 Å². The number of aromatic carboxylic acids is 1. The summed E-state index contributed by atoms with van der Waals surface area (Å²) in [5, 5.41) is 14.7. The Hall–Kier alpha value is -2.30. The molecule has 2 aromatic carbocycles. The zero-order valence-electron chi connectivity index (χ0n) is 13.0. The molecule has 0 radical (unpaired) electrons. The molecule has 0 aliphatic rings. The third kappa shape index (κ3) is 2.90. The molecule has 0 aliphatic heterocycles. The average Bonchev–Trinajstić information content (AvgIpc) is 2.83. The number of aromatic nitrogens is 2. The summed E-state index contributed by atoms with van der Waals surface area (Å²) in [6.45, 7) is 3.82. The monoisotopic (exact) mass is 360 g/mol. The quantitative estimate of drug-likeness (QED) is 0.701. The summed E-state index contributed by atoms with van der Waals surface area (Å²) in [4.78, 5) is 11.3. The molecule has 1 N–H and O–H groups in total. The van der Waals surface area contributed by atoms with Crippen LogP contribution in [0.1, 0.15) is 21.7 Å². The first kappa shape index (κ1) is 16.6. The normalized spacial score (nSPS) is 10.8. The molecule has 0 atom stereocenters. The van der Waals surface area contributed by atoms with Gasteiger partial charge in [0.15, 0.2) is 0 Å². The summed E-state index contributed by atoms with van der Waals surface area (Å²) in [5.74, 6) is -1.06. The fourth-order valence-electron chi connectivity index (χ4n) is 2.76. The smallest absolute Gasteiger partial charge is 0.337 e. The fraction of sp³-hybridized carbons (Fsp3) is 0.111. The molecule has 0 unspecified atom stereocenters. The van der Waals surface area contributed by atoms with Gasteiger partial charge in [0.05, 0.1) is 22.0 Å². The molecular formula is C18H14Cl2N2O2. The van der Waals surface area contributed by atoms with Crippen LogP contribution in [0.5, 0.6) is 0 Å². The molecule has 0 saturated heterocycles. The number of carbonyl (C=O) groups is 1. The maximum atomic E-state index is 11.3. The van der Waals surface area contributed by atoms with E-state index in [0.29, 0.717) is 5.02 Å². The fourth-order valence-corrected chi connectivity index (χ4v) is 3.15. The van der Waals surface area contributed by atoms with Crippen LogP contribution in [0.3, 0.4) is 0 Å². The Morgan fingerprint density at radius 1 is 1.12 bits per heavy atom. The number of halogens is 2. The Labute approximate surface area is 149 Å². The van der Waals surface area contributed by atoms with E-state index in [1.54, 1.807) is 28.9 Å². The van der Waals surface area contributed by atoms with E-state index in [-0.39, 0.29) is 10.6 Å². The third-order valence-corrected chi connectivity index (χ3v) is 4.39. The van der Waals surface area contributed by atoms with Gasteiger partial charge in [-0.2, -0.15) is 5.10 Å². The summed E-state index contributed by atoms with van der Waals surface area (Å²) < 4.78 is 1.80. The van der Waals surface area contributed by atoms with Gasteiger partial charge in [-0.15, -0.1) is 0 Å². The molecule has 3 aromatic rings. The van der Waals surface area contributed by atoms with Gasteiger partial charge in [-0.05, 0) is 49.7 Å². The van der Waals surface area contributed by atoms with Crippen molar-refractivity contribution < 1.29 is 9.90 Å². The van der Waals surface area contributed by atoms with Crippen molar-refractivity contribution in [2.24, 2.45) is 0 Å². The first-order valence-corrected chi connectivity index (χ1v) is 7.99. The molecule has 1 heterocycles. The van der Waals surface area contributed by atoms with Crippen LogP contribution in [0.2, 0.25) is 10.0 Å². The van der Waals surface area contributed by atoms with E-state index in [9.17, 15) is 9.90 Å². The van der Waals surface area contributed by atoms with Crippen LogP contribution in [-0.2, 0) is 0 Å². The summed E-state index contributed by atoms with van der Waals surface area (Å²) in [6.07, 6.45) is 0. The van der Waals surface area contributed by atoms with Crippen molar-refractivity contribution in [2.75, 3.05) is 0 Å². The van der Waals surface area contributed by atoms with Gasteiger partial charge in [0.2, 0.25) is 0 Å². The zero-order chi connectivity index (χ0) is 17.4. The van der Waals surface area contributed by atoms with Crippen molar-refractivity contribution in [3.05, 3.63) is 69.5 Å². The van der Waals surface area contributed by atoms with Gasteiger partial charge < -0.3 is 5.11 Å². The molecule has 0 spiro atoms. The van der Waals surface area contributed by atoms with E-state index in [1.807, 2.05) is 32.0 Å². The number of carboxylic acid groups (broad SMARTS) is 1. The number of nitrogens with zero attached hydrogens (tertiary/aromatic N) is 2. The van der Waals surface area contributed by atoms with Crippen LogP contribution in [0.25, 0.3) is 16.8 Å². The van der Waals surface area contributed by atoms with Crippen molar-refractivity contribution in [3.63, 3.8) is 0 Å². The number of aryl methyl sites for hydroxylation is 1. The minimum atomic E-state index is -1.06. The predicted octanol–water partition coefficient (Wildman–Crippen LogP) is 5.16. The van der Waals surface area contributed by atoms with E-state index in [1.165, 1.54) is 0 Å². The minimum Gasteiger partial charge on any atom is -0.478 e. The van der Waals surface area contributed by atoms with Crippen molar-refractivity contribution in [1.82, 2.24) is 9.78 Å². The molecule has 0 bridgehead atoms. The summed E-state index contributed by atoms with van der Waals surface area (Å²) in [7, 11) is 0. The second kappa shape index (κ2) is 6.30. The highest BCUT2D eigenvalue weighted by molar-refractivity contribution is 6.33. The van der Waals surface area contributed by atoms with E-state index in [4.69, 9.17) is 23.2 Å². The first-order chi connectivity index (χ1) is 11.4. The average molecular weight is 361 g/mol. The Kier molecular flexibility index (Phi) is 4.35. The van der Waals surface area contributed by atoms with Gasteiger partial charge >= 0.3 is 5.97 Å². The lowest BCUT2D eigenvalue weighted by Crippen LogP contribution is -1.99. The third-order valence-electron chi connectivity index (χ3n) is 3.83. The van der Waals surface area contributed by atoms with Crippen LogP contribution in [0.4, 0.5) is 0 Å². The van der Waals surface area contributed by atoms with E-state index < -0.39 is 5.97 Å². The molecular weight excluding hydrogens is 347 g/mol. The molecule has 0 fully saturated rings. The largest absolute Gasteiger partial charge is 0.478 e. The van der Waals surface area contributed by atoms with E-state index in [2.05, 4.69) is 5.10 Å². The predicted molar refractivity (Wildman–Crippen MR) is 95.5 cm³/mol. The van der Waals surface area contributed by atoms with Crippen molar-refractivity contribution in [1.29, 1.82) is 0 Å². The first-order valence-electron chi connectivity index (χ1n) is 7.24. The molecule has 1 aromatic heterocycles. The summed E-state index contributed by atoms with van der Waals surface area (Å²) in [6, 6.07) is 12.4. The highest BCUT2D eigenvalue weighted by atomic mass is 35.5. The van der Waals surface area contributed by atoms with Crippen LogP contribution in [0.15, 0.2) is 42.5 Å². The molecule has 4 nitrogen and oxygen atoms in total. The van der Waals surface area contributed by atoms with Crippen molar-refractivity contribution >= 4 is 29.2 Å². The lowest BCUT2D eigenvalue weighted by Gasteiger charge is -2.07. The number of hydrogen-bond acceptors (Lipinski definition) is 2. The molecule has 6 heteroatoms. The Morgan fingerprint density at radius 3 is 2.54 bits per heavy atom. The second-order valence-corrected chi connectivity index (χ2v) is 6.28. The number of hydrogen-bond donors (Lipinski definition) is 1. The number of carboxylic acids is 1. The van der Waals surface area contributed by atoms with Crippen LogP contribution < -0.4 is 0 Å². The zero-order valence-corrected chi connectivity index (χ0v) is 14.6. The molecule has 0 aliphatic carbocycles. The van der Waals surface area contributed by atoms with Crippen LogP contribution in [-0.4, -0.2) is 20.9 Å². The van der Waals surface area contributed by atoms with Gasteiger partial charge in [-0.1, -0.05) is 35.3 Å². The van der Waals surface area contributed by atoms with Gasteiger partial charge in [0, 0.05) is 16.3 Å². The maximum Gasteiger partial charge on any atom is 0.337 e. The standard InChI is InChI=1S/C18H14Cl2N2O2/c1-10-17(12-6-7-16(20)15(8-12)18(23)24)11(2)22(21-10)14-5-3-4-13(19)9-14/h3-9H,1-2H3,(H,23,24). The van der Waals surface area contributed by atoms with Gasteiger partial charge in [0.25, 0.3) is 0 Å². The Bertz CT molecular complexity index is 948. The molecule has 0 saturated carbocycles. The number of benzene rings is 2. The van der Waals surface area contributed by atoms with Crippen molar-refractivity contribution in [3.8, 4) is 16.8 Å². The van der Waals surface area contributed by atoms with E-state index >= 15 is 0 Å². The van der Waals surface area contributed by atoms with Crippen LogP contribution in [0, 0.1) is 13.8 Å². The molecule has 24 heavy (non-hydrogen) atoms.